The van der Waals surface area contributed by atoms with Crippen LogP contribution in [0.25, 0.3) is 0 Å². The van der Waals surface area contributed by atoms with Crippen molar-refractivity contribution in [1.29, 1.82) is 0 Å². The first-order chi connectivity index (χ1) is 8.44. The highest BCUT2D eigenvalue weighted by atomic mass is 35.5. The van der Waals surface area contributed by atoms with E-state index in [1.54, 1.807) is 0 Å². The van der Waals surface area contributed by atoms with Gasteiger partial charge in [-0.25, -0.2) is 0 Å². The average Bonchev–Trinajstić information content (AvgIpc) is 2.86. The Balaban J connectivity index is 0.00000180. The summed E-state index contributed by atoms with van der Waals surface area (Å²) in [5.74, 6) is 0.634. The van der Waals surface area contributed by atoms with Gasteiger partial charge in [-0.3, -0.25) is 9.89 Å². The van der Waals surface area contributed by atoms with E-state index in [4.69, 9.17) is 0 Å². The number of halogens is 1. The predicted octanol–water partition coefficient (Wildman–Crippen LogP) is 2.11. The third-order valence-electron chi connectivity index (χ3n) is 2.98. The predicted molar refractivity (Wildman–Crippen MR) is 78.6 cm³/mol. The first-order valence-electron chi connectivity index (χ1n) is 6.52. The normalized spacial score (nSPS) is 19.0. The lowest BCUT2D eigenvalue weighted by atomic mass is 9.91. The third kappa shape index (κ3) is 4.84. The highest BCUT2D eigenvalue weighted by molar-refractivity contribution is 5.94. The fourth-order valence-electron chi connectivity index (χ4n) is 2.21. The largest absolute Gasteiger partial charge is 0.308 e. The Morgan fingerprint density at radius 2 is 2.26 bits per heavy atom. The first kappa shape index (κ1) is 16.0. The Bertz CT molecular complexity index is 419. The van der Waals surface area contributed by atoms with E-state index in [-0.39, 0.29) is 29.8 Å². The number of nitrogens with one attached hydrogen (secondary N) is 3. The number of carbonyl (C=O) groups excluding carboxylic acids is 1. The summed E-state index contributed by atoms with van der Waals surface area (Å²) in [7, 11) is 0. The van der Waals surface area contributed by atoms with Crippen molar-refractivity contribution in [2.45, 2.75) is 46.1 Å². The van der Waals surface area contributed by atoms with Crippen LogP contribution in [0.15, 0.2) is 6.07 Å². The molecule has 0 radical (unpaired) electrons. The molecule has 1 aromatic rings. The van der Waals surface area contributed by atoms with Gasteiger partial charge in [0.05, 0.1) is 6.04 Å². The van der Waals surface area contributed by atoms with Crippen LogP contribution in [-0.2, 0) is 11.2 Å². The number of hydrogen-bond donors (Lipinski definition) is 3. The van der Waals surface area contributed by atoms with Gasteiger partial charge in [-0.1, -0.05) is 20.8 Å². The number of nitrogens with zero attached hydrogens (tertiary/aromatic N) is 1. The molecule has 19 heavy (non-hydrogen) atoms. The van der Waals surface area contributed by atoms with Crippen LogP contribution in [-0.4, -0.2) is 28.7 Å². The van der Waals surface area contributed by atoms with Crippen LogP contribution in [0, 0.1) is 5.41 Å². The summed E-state index contributed by atoms with van der Waals surface area (Å²) in [4.78, 5) is 11.9. The summed E-state index contributed by atoms with van der Waals surface area (Å²) < 4.78 is 0. The zero-order chi connectivity index (χ0) is 13.2. The molecule has 1 aliphatic rings. The van der Waals surface area contributed by atoms with Gasteiger partial charge in [-0.15, -0.1) is 12.4 Å². The van der Waals surface area contributed by atoms with Crippen LogP contribution < -0.4 is 10.6 Å². The minimum Gasteiger partial charge on any atom is -0.308 e. The summed E-state index contributed by atoms with van der Waals surface area (Å²) >= 11 is 0. The average molecular weight is 287 g/mol. The van der Waals surface area contributed by atoms with Gasteiger partial charge in [0.2, 0.25) is 5.91 Å². The summed E-state index contributed by atoms with van der Waals surface area (Å²) in [5.41, 5.74) is 1.26. The SMILES string of the molecule is CC(C)(C)Cc1cc(NC(=O)C2CCCN2)n[nH]1.Cl. The van der Waals surface area contributed by atoms with Crippen LogP contribution in [0.5, 0.6) is 0 Å². The van der Waals surface area contributed by atoms with Gasteiger partial charge < -0.3 is 10.6 Å². The number of aromatic nitrogens is 2. The maximum absolute atomic E-state index is 11.9. The van der Waals surface area contributed by atoms with E-state index in [1.165, 1.54) is 0 Å². The molecular formula is C13H23ClN4O. The van der Waals surface area contributed by atoms with E-state index < -0.39 is 0 Å². The van der Waals surface area contributed by atoms with Crippen LogP contribution in [0.4, 0.5) is 5.82 Å². The lowest BCUT2D eigenvalue weighted by molar-refractivity contribution is -0.117. The molecule has 1 unspecified atom stereocenters. The minimum atomic E-state index is -0.0623. The minimum absolute atomic E-state index is 0. The molecular weight excluding hydrogens is 264 g/mol. The van der Waals surface area contributed by atoms with Crippen molar-refractivity contribution in [3.05, 3.63) is 11.8 Å². The van der Waals surface area contributed by atoms with E-state index >= 15 is 0 Å². The third-order valence-corrected chi connectivity index (χ3v) is 2.98. The van der Waals surface area contributed by atoms with Crippen molar-refractivity contribution < 1.29 is 4.79 Å². The fourth-order valence-corrected chi connectivity index (χ4v) is 2.21. The molecule has 0 saturated carbocycles. The van der Waals surface area contributed by atoms with E-state index in [2.05, 4.69) is 41.6 Å². The van der Waals surface area contributed by atoms with Crippen LogP contribution in [0.1, 0.15) is 39.3 Å². The van der Waals surface area contributed by atoms with Crippen molar-refractivity contribution >= 4 is 24.1 Å². The zero-order valence-corrected chi connectivity index (χ0v) is 12.6. The van der Waals surface area contributed by atoms with Gasteiger partial charge in [-0.2, -0.15) is 5.10 Å². The molecule has 3 N–H and O–H groups in total. The van der Waals surface area contributed by atoms with Crippen molar-refractivity contribution in [2.24, 2.45) is 5.41 Å². The number of rotatable bonds is 3. The van der Waals surface area contributed by atoms with Gasteiger partial charge in [0.25, 0.3) is 0 Å². The molecule has 5 nitrogen and oxygen atoms in total. The molecule has 108 valence electrons. The Hall–Kier alpha value is -1.07. The summed E-state index contributed by atoms with van der Waals surface area (Å²) in [6.45, 7) is 7.45. The van der Waals surface area contributed by atoms with Crippen molar-refractivity contribution in [3.63, 3.8) is 0 Å². The van der Waals surface area contributed by atoms with E-state index in [9.17, 15) is 4.79 Å². The molecule has 1 aliphatic heterocycles. The molecule has 0 spiro atoms. The lowest BCUT2D eigenvalue weighted by Gasteiger charge is -2.15. The van der Waals surface area contributed by atoms with Gasteiger partial charge in [0.15, 0.2) is 5.82 Å². The summed E-state index contributed by atoms with van der Waals surface area (Å²) in [5, 5.41) is 13.1. The second-order valence-electron chi connectivity index (χ2n) is 6.15. The molecule has 1 atom stereocenters. The quantitative estimate of drug-likeness (QED) is 0.797. The molecule has 2 heterocycles. The molecule has 1 amide bonds. The van der Waals surface area contributed by atoms with Crippen LogP contribution >= 0.6 is 12.4 Å². The maximum Gasteiger partial charge on any atom is 0.242 e. The second kappa shape index (κ2) is 6.39. The molecule has 1 saturated heterocycles. The first-order valence-corrected chi connectivity index (χ1v) is 6.52. The van der Waals surface area contributed by atoms with Gasteiger partial charge in [0, 0.05) is 11.8 Å². The van der Waals surface area contributed by atoms with Gasteiger partial charge in [-0.05, 0) is 31.2 Å². The van der Waals surface area contributed by atoms with Crippen LogP contribution in [0.3, 0.4) is 0 Å². The molecule has 6 heteroatoms. The van der Waals surface area contributed by atoms with E-state index in [0.717, 1.165) is 31.5 Å². The number of carbonyl (C=O) groups is 1. The molecule has 0 bridgehead atoms. The molecule has 0 aromatic carbocycles. The Morgan fingerprint density at radius 3 is 2.84 bits per heavy atom. The Kier molecular flexibility index (Phi) is 5.38. The highest BCUT2D eigenvalue weighted by Crippen LogP contribution is 2.20. The molecule has 1 aromatic heterocycles. The Morgan fingerprint density at radius 1 is 1.53 bits per heavy atom. The van der Waals surface area contributed by atoms with Crippen LogP contribution in [0.2, 0.25) is 0 Å². The highest BCUT2D eigenvalue weighted by Gasteiger charge is 2.22. The summed E-state index contributed by atoms with van der Waals surface area (Å²) in [6.07, 6.45) is 2.89. The smallest absolute Gasteiger partial charge is 0.242 e. The fraction of sp³-hybridized carbons (Fsp3) is 0.692. The maximum atomic E-state index is 11.9. The second-order valence-corrected chi connectivity index (χ2v) is 6.15. The number of anilines is 1. The number of aromatic amines is 1. The van der Waals surface area contributed by atoms with Gasteiger partial charge in [0.1, 0.15) is 0 Å². The number of hydrogen-bond acceptors (Lipinski definition) is 3. The topological polar surface area (TPSA) is 69.8 Å². The van der Waals surface area contributed by atoms with Crippen molar-refractivity contribution in [2.75, 3.05) is 11.9 Å². The van der Waals surface area contributed by atoms with Crippen molar-refractivity contribution in [1.82, 2.24) is 15.5 Å². The lowest BCUT2D eigenvalue weighted by Crippen LogP contribution is -2.35. The summed E-state index contributed by atoms with van der Waals surface area (Å²) in [6, 6.07) is 1.85. The molecule has 0 aliphatic carbocycles. The molecule has 2 rings (SSSR count). The molecule has 1 fully saturated rings. The number of H-pyrrole nitrogens is 1. The number of amides is 1. The van der Waals surface area contributed by atoms with Gasteiger partial charge >= 0.3 is 0 Å². The van der Waals surface area contributed by atoms with E-state index in [1.807, 2.05) is 6.07 Å². The van der Waals surface area contributed by atoms with E-state index in [0.29, 0.717) is 5.82 Å². The standard InChI is InChI=1S/C13H22N4O.ClH/c1-13(2,3)8-9-7-11(17-16-9)15-12(18)10-5-4-6-14-10;/h7,10,14H,4-6,8H2,1-3H3,(H2,15,16,17,18);1H. The zero-order valence-electron chi connectivity index (χ0n) is 11.7. The Labute approximate surface area is 120 Å². The monoisotopic (exact) mass is 286 g/mol. The van der Waals surface area contributed by atoms with Crippen molar-refractivity contribution in [3.8, 4) is 0 Å².